The molecule has 0 aliphatic carbocycles. The van der Waals surface area contributed by atoms with E-state index in [1.54, 1.807) is 24.5 Å². The number of hydrogen-bond donors (Lipinski definition) is 2. The molecule has 0 spiro atoms. The zero-order valence-corrected chi connectivity index (χ0v) is 9.35. The number of hydrogen-bond acceptors (Lipinski definition) is 3. The Balaban J connectivity index is 2.22. The number of aliphatic hydroxyl groups is 1. The highest BCUT2D eigenvalue weighted by molar-refractivity contribution is 5.96. The predicted molar refractivity (Wildman–Crippen MR) is 63.8 cm³/mol. The Morgan fingerprint density at radius 1 is 1.65 bits per heavy atom. The van der Waals surface area contributed by atoms with E-state index in [1.807, 2.05) is 0 Å². The first-order valence-corrected chi connectivity index (χ1v) is 5.33. The van der Waals surface area contributed by atoms with Gasteiger partial charge in [-0.2, -0.15) is 0 Å². The maximum Gasteiger partial charge on any atom is 0.270 e. The van der Waals surface area contributed by atoms with Crippen molar-refractivity contribution in [3.05, 3.63) is 36.7 Å². The van der Waals surface area contributed by atoms with Gasteiger partial charge in [-0.15, -0.1) is 6.58 Å². The fraction of sp³-hybridized carbons (Fsp3) is 0.250. The number of fused-ring (bicyclic) bond motifs is 1. The molecule has 90 valence electrons. The molecule has 0 saturated heterocycles. The average Bonchev–Trinajstić information content (AvgIpc) is 2.87. The van der Waals surface area contributed by atoms with Gasteiger partial charge in [0.05, 0.1) is 18.4 Å². The monoisotopic (exact) mass is 234 g/mol. The Morgan fingerprint density at radius 3 is 3.12 bits per heavy atom. The molecule has 2 aromatic heterocycles. The Hall–Kier alpha value is -2.01. The molecule has 0 atom stereocenters. The smallest absolute Gasteiger partial charge is 0.270 e. The number of nitrogens with one attached hydrogen (secondary N) is 1. The summed E-state index contributed by atoms with van der Waals surface area (Å²) in [5.41, 5.74) is 1.89. The summed E-state index contributed by atoms with van der Waals surface area (Å²) in [4.78, 5) is 16.6. The highest BCUT2D eigenvalue weighted by atomic mass is 16.3. The van der Waals surface area contributed by atoms with Crippen LogP contribution in [0.4, 0.5) is 0 Å². The number of carbonyl (C=O) groups excluding carboxylic acids is 1. The Labute approximate surface area is 98.3 Å². The SMILES string of the molecule is C=CCN(CCO)C(=O)c1cc2occc2[nH]1. The maximum absolute atomic E-state index is 12.1. The predicted octanol–water partition coefficient (Wildman–Crippen LogP) is 1.38. The second kappa shape index (κ2) is 4.88. The average molecular weight is 234 g/mol. The van der Waals surface area contributed by atoms with Crippen LogP contribution in [0.3, 0.4) is 0 Å². The summed E-state index contributed by atoms with van der Waals surface area (Å²) in [6, 6.07) is 3.42. The van der Waals surface area contributed by atoms with E-state index in [1.165, 1.54) is 4.90 Å². The van der Waals surface area contributed by atoms with Gasteiger partial charge >= 0.3 is 0 Å². The summed E-state index contributed by atoms with van der Waals surface area (Å²) in [7, 11) is 0. The van der Waals surface area contributed by atoms with Crippen molar-refractivity contribution in [3.63, 3.8) is 0 Å². The lowest BCUT2D eigenvalue weighted by Gasteiger charge is -2.18. The summed E-state index contributed by atoms with van der Waals surface area (Å²) >= 11 is 0. The minimum absolute atomic E-state index is 0.0730. The quantitative estimate of drug-likeness (QED) is 0.768. The Bertz CT molecular complexity index is 498. The normalized spacial score (nSPS) is 10.6. The topological polar surface area (TPSA) is 69.5 Å². The summed E-state index contributed by atoms with van der Waals surface area (Å²) in [6.07, 6.45) is 3.19. The highest BCUT2D eigenvalue weighted by Crippen LogP contribution is 2.17. The lowest BCUT2D eigenvalue weighted by molar-refractivity contribution is 0.0738. The molecule has 2 aromatic rings. The summed E-state index contributed by atoms with van der Waals surface area (Å²) in [5.74, 6) is -0.176. The molecule has 0 radical (unpaired) electrons. The van der Waals surface area contributed by atoms with E-state index in [9.17, 15) is 4.79 Å². The lowest BCUT2D eigenvalue weighted by Crippen LogP contribution is -2.33. The molecule has 2 N–H and O–H groups in total. The third kappa shape index (κ3) is 2.24. The van der Waals surface area contributed by atoms with Crippen molar-refractivity contribution < 1.29 is 14.3 Å². The van der Waals surface area contributed by atoms with E-state index < -0.39 is 0 Å². The maximum atomic E-state index is 12.1. The first kappa shape index (κ1) is 11.5. The molecule has 0 saturated carbocycles. The van der Waals surface area contributed by atoms with E-state index in [0.29, 0.717) is 17.8 Å². The molecule has 1 amide bonds. The second-order valence-electron chi connectivity index (χ2n) is 3.64. The molecule has 0 aromatic carbocycles. The minimum atomic E-state index is -0.176. The second-order valence-corrected chi connectivity index (χ2v) is 3.64. The Kier molecular flexibility index (Phi) is 3.30. The number of rotatable bonds is 5. The van der Waals surface area contributed by atoms with Crippen LogP contribution in [0.25, 0.3) is 11.1 Å². The van der Waals surface area contributed by atoms with Crippen molar-refractivity contribution in [2.45, 2.75) is 0 Å². The van der Waals surface area contributed by atoms with Gasteiger partial charge in [0, 0.05) is 25.2 Å². The van der Waals surface area contributed by atoms with Gasteiger partial charge in [0.1, 0.15) is 5.69 Å². The van der Waals surface area contributed by atoms with Gasteiger partial charge in [0.2, 0.25) is 0 Å². The molecule has 0 aliphatic rings. The Morgan fingerprint density at radius 2 is 2.47 bits per heavy atom. The molecule has 5 heteroatoms. The zero-order chi connectivity index (χ0) is 12.3. The van der Waals surface area contributed by atoms with Crippen LogP contribution < -0.4 is 0 Å². The standard InChI is InChI=1S/C12H14N2O3/c1-2-4-14(5-6-15)12(16)10-8-11-9(13-10)3-7-17-11/h2-3,7-8,13,15H,1,4-6H2. The molecule has 0 unspecified atom stereocenters. The van der Waals surface area contributed by atoms with Crippen molar-refractivity contribution in [1.82, 2.24) is 9.88 Å². The fourth-order valence-corrected chi connectivity index (χ4v) is 1.69. The van der Waals surface area contributed by atoms with Crippen LogP contribution >= 0.6 is 0 Å². The van der Waals surface area contributed by atoms with E-state index in [-0.39, 0.29) is 19.1 Å². The molecule has 2 rings (SSSR count). The fourth-order valence-electron chi connectivity index (χ4n) is 1.69. The minimum Gasteiger partial charge on any atom is -0.463 e. The lowest BCUT2D eigenvalue weighted by atomic mass is 10.3. The van der Waals surface area contributed by atoms with Crippen LogP contribution in [0.2, 0.25) is 0 Å². The highest BCUT2D eigenvalue weighted by Gasteiger charge is 2.17. The van der Waals surface area contributed by atoms with Crippen LogP contribution in [0, 0.1) is 0 Å². The molecular formula is C12H14N2O3. The number of aromatic nitrogens is 1. The van der Waals surface area contributed by atoms with Crippen molar-refractivity contribution in [3.8, 4) is 0 Å². The third-order valence-corrected chi connectivity index (χ3v) is 2.48. The van der Waals surface area contributed by atoms with Gasteiger partial charge in [-0.3, -0.25) is 4.79 Å². The molecule has 5 nitrogen and oxygen atoms in total. The van der Waals surface area contributed by atoms with Crippen LogP contribution in [0.15, 0.2) is 35.5 Å². The number of amides is 1. The number of aliphatic hydroxyl groups excluding tert-OH is 1. The van der Waals surface area contributed by atoms with E-state index >= 15 is 0 Å². The van der Waals surface area contributed by atoms with Crippen LogP contribution in [0.5, 0.6) is 0 Å². The molecule has 0 aliphatic heterocycles. The first-order chi connectivity index (χ1) is 8.26. The number of aromatic amines is 1. The van der Waals surface area contributed by atoms with Gasteiger partial charge in [-0.25, -0.2) is 0 Å². The van der Waals surface area contributed by atoms with Crippen LogP contribution in [0.1, 0.15) is 10.5 Å². The zero-order valence-electron chi connectivity index (χ0n) is 9.35. The number of carbonyl (C=O) groups is 1. The van der Waals surface area contributed by atoms with Gasteiger partial charge in [0.25, 0.3) is 5.91 Å². The van der Waals surface area contributed by atoms with Crippen LogP contribution in [-0.2, 0) is 0 Å². The number of furan rings is 1. The molecular weight excluding hydrogens is 220 g/mol. The van der Waals surface area contributed by atoms with Gasteiger partial charge in [-0.05, 0) is 0 Å². The van der Waals surface area contributed by atoms with Gasteiger partial charge in [-0.1, -0.05) is 6.08 Å². The van der Waals surface area contributed by atoms with Crippen molar-refractivity contribution in [1.29, 1.82) is 0 Å². The van der Waals surface area contributed by atoms with Gasteiger partial charge < -0.3 is 19.4 Å². The van der Waals surface area contributed by atoms with Crippen LogP contribution in [-0.4, -0.2) is 40.6 Å². The van der Waals surface area contributed by atoms with Crippen molar-refractivity contribution in [2.24, 2.45) is 0 Å². The third-order valence-electron chi connectivity index (χ3n) is 2.48. The largest absolute Gasteiger partial charge is 0.463 e. The summed E-state index contributed by atoms with van der Waals surface area (Å²) in [5, 5.41) is 8.90. The molecule has 0 fully saturated rings. The molecule has 17 heavy (non-hydrogen) atoms. The molecule has 2 heterocycles. The van der Waals surface area contributed by atoms with E-state index in [2.05, 4.69) is 11.6 Å². The van der Waals surface area contributed by atoms with Gasteiger partial charge in [0.15, 0.2) is 5.58 Å². The molecule has 0 bridgehead atoms. The number of nitrogens with zero attached hydrogens (tertiary/aromatic N) is 1. The van der Waals surface area contributed by atoms with Crippen molar-refractivity contribution in [2.75, 3.05) is 19.7 Å². The summed E-state index contributed by atoms with van der Waals surface area (Å²) in [6.45, 7) is 4.20. The van der Waals surface area contributed by atoms with E-state index in [4.69, 9.17) is 9.52 Å². The first-order valence-electron chi connectivity index (χ1n) is 5.33. The summed E-state index contributed by atoms with van der Waals surface area (Å²) < 4.78 is 5.18. The van der Waals surface area contributed by atoms with Crippen molar-refractivity contribution >= 4 is 17.0 Å². The number of H-pyrrole nitrogens is 1. The van der Waals surface area contributed by atoms with E-state index in [0.717, 1.165) is 5.52 Å².